The number of methoxy groups -OCH3 is 1. The lowest BCUT2D eigenvalue weighted by Gasteiger charge is -2.13. The van der Waals surface area contributed by atoms with Gasteiger partial charge in [0, 0.05) is 33.7 Å². The second kappa shape index (κ2) is 6.49. The van der Waals surface area contributed by atoms with E-state index >= 15 is 0 Å². The first-order chi connectivity index (χ1) is 9.92. The van der Waals surface area contributed by atoms with Crippen molar-refractivity contribution < 1.29 is 18.6 Å². The summed E-state index contributed by atoms with van der Waals surface area (Å²) in [5.41, 5.74) is 0.518. The van der Waals surface area contributed by atoms with Gasteiger partial charge in [-0.1, -0.05) is 11.6 Å². The van der Waals surface area contributed by atoms with E-state index in [0.29, 0.717) is 10.6 Å². The Morgan fingerprint density at radius 3 is 2.62 bits per heavy atom. The Balaban J connectivity index is 2.27. The van der Waals surface area contributed by atoms with Crippen LogP contribution in [0.15, 0.2) is 28.7 Å². The number of benzene rings is 2. The molecule has 21 heavy (non-hydrogen) atoms. The summed E-state index contributed by atoms with van der Waals surface area (Å²) in [6.07, 6.45) is 0. The van der Waals surface area contributed by atoms with Crippen molar-refractivity contribution in [3.8, 4) is 11.5 Å². The monoisotopic (exact) mass is 377 g/mol. The van der Waals surface area contributed by atoms with E-state index in [1.54, 1.807) is 0 Å². The van der Waals surface area contributed by atoms with Crippen LogP contribution in [0, 0.1) is 11.6 Å². The molecule has 2 aromatic carbocycles. The van der Waals surface area contributed by atoms with Crippen molar-refractivity contribution in [1.29, 1.82) is 0 Å². The Kier molecular flexibility index (Phi) is 4.90. The van der Waals surface area contributed by atoms with Gasteiger partial charge in [-0.2, -0.15) is 0 Å². The standard InChI is InChI=1S/C14H11BrClF2NO2/c1-21-12-3-8(16)2-7(14(12)20)6-19-13-10(15)4-9(17)5-11(13)18/h2-5,19-20H,6H2,1H3. The molecule has 0 heterocycles. The predicted molar refractivity (Wildman–Crippen MR) is 81.1 cm³/mol. The number of anilines is 1. The quantitative estimate of drug-likeness (QED) is 0.810. The van der Waals surface area contributed by atoms with Crippen molar-refractivity contribution in [1.82, 2.24) is 0 Å². The summed E-state index contributed by atoms with van der Waals surface area (Å²) in [6.45, 7) is 0.0872. The first-order valence-corrected chi connectivity index (χ1v) is 7.03. The number of hydrogen-bond donors (Lipinski definition) is 2. The number of nitrogens with one attached hydrogen (secondary N) is 1. The van der Waals surface area contributed by atoms with Gasteiger partial charge in [-0.3, -0.25) is 0 Å². The molecule has 0 radical (unpaired) electrons. The number of aromatic hydroxyl groups is 1. The molecule has 3 nitrogen and oxygen atoms in total. The molecule has 0 aliphatic carbocycles. The molecule has 0 amide bonds. The molecule has 112 valence electrons. The van der Waals surface area contributed by atoms with E-state index in [-0.39, 0.29) is 28.2 Å². The first kappa shape index (κ1) is 15.9. The number of hydrogen-bond acceptors (Lipinski definition) is 3. The van der Waals surface area contributed by atoms with Crippen molar-refractivity contribution in [3.63, 3.8) is 0 Å². The Bertz CT molecular complexity index is 659. The molecule has 2 N–H and O–H groups in total. The van der Waals surface area contributed by atoms with Crippen LogP contribution in [-0.2, 0) is 6.54 Å². The molecule has 0 fully saturated rings. The fourth-order valence-corrected chi connectivity index (χ4v) is 2.59. The summed E-state index contributed by atoms with van der Waals surface area (Å²) in [6, 6.07) is 4.91. The average Bonchev–Trinajstić information content (AvgIpc) is 2.40. The molecule has 0 saturated carbocycles. The smallest absolute Gasteiger partial charge is 0.162 e. The molecule has 0 saturated heterocycles. The Morgan fingerprint density at radius 2 is 2.00 bits per heavy atom. The van der Waals surface area contributed by atoms with E-state index in [2.05, 4.69) is 21.2 Å². The van der Waals surface area contributed by atoms with Crippen LogP contribution in [0.1, 0.15) is 5.56 Å². The fraction of sp³-hybridized carbons (Fsp3) is 0.143. The summed E-state index contributed by atoms with van der Waals surface area (Å²) in [5.74, 6) is -1.29. The highest BCUT2D eigenvalue weighted by Gasteiger charge is 2.13. The lowest BCUT2D eigenvalue weighted by atomic mass is 10.1. The van der Waals surface area contributed by atoms with E-state index < -0.39 is 11.6 Å². The maximum atomic E-state index is 13.7. The van der Waals surface area contributed by atoms with Gasteiger partial charge < -0.3 is 15.2 Å². The number of halogens is 4. The van der Waals surface area contributed by atoms with Gasteiger partial charge >= 0.3 is 0 Å². The summed E-state index contributed by atoms with van der Waals surface area (Å²) in [4.78, 5) is 0. The van der Waals surface area contributed by atoms with Crippen LogP contribution in [-0.4, -0.2) is 12.2 Å². The van der Waals surface area contributed by atoms with Gasteiger partial charge in [0.2, 0.25) is 0 Å². The molecule has 0 bridgehead atoms. The van der Waals surface area contributed by atoms with Crippen molar-refractivity contribution in [2.75, 3.05) is 12.4 Å². The minimum Gasteiger partial charge on any atom is -0.504 e. The normalized spacial score (nSPS) is 10.5. The highest BCUT2D eigenvalue weighted by molar-refractivity contribution is 9.10. The molecule has 0 atom stereocenters. The third-order valence-electron chi connectivity index (χ3n) is 2.80. The number of rotatable bonds is 4. The Morgan fingerprint density at radius 1 is 1.29 bits per heavy atom. The summed E-state index contributed by atoms with van der Waals surface area (Å²) < 4.78 is 31.9. The van der Waals surface area contributed by atoms with E-state index in [9.17, 15) is 13.9 Å². The molecular weight excluding hydrogens is 368 g/mol. The minimum atomic E-state index is -0.740. The third-order valence-corrected chi connectivity index (χ3v) is 3.64. The highest BCUT2D eigenvalue weighted by Crippen LogP contribution is 2.34. The van der Waals surface area contributed by atoms with Gasteiger partial charge in [-0.05, 0) is 28.1 Å². The lowest BCUT2D eigenvalue weighted by Crippen LogP contribution is -2.04. The van der Waals surface area contributed by atoms with Gasteiger partial charge in [-0.15, -0.1) is 0 Å². The summed E-state index contributed by atoms with van der Waals surface area (Å²) in [7, 11) is 1.40. The van der Waals surface area contributed by atoms with Crippen LogP contribution in [0.5, 0.6) is 11.5 Å². The van der Waals surface area contributed by atoms with E-state index in [4.69, 9.17) is 16.3 Å². The molecule has 0 unspecified atom stereocenters. The number of phenolic OH excluding ortho intramolecular Hbond substituents is 1. The topological polar surface area (TPSA) is 41.5 Å². The molecule has 0 aliphatic heterocycles. The highest BCUT2D eigenvalue weighted by atomic mass is 79.9. The maximum absolute atomic E-state index is 13.7. The second-order valence-electron chi connectivity index (χ2n) is 4.21. The fourth-order valence-electron chi connectivity index (χ4n) is 1.81. The minimum absolute atomic E-state index is 0.0872. The van der Waals surface area contributed by atoms with Gasteiger partial charge in [0.05, 0.1) is 12.8 Å². The predicted octanol–water partition coefficient (Wildman–Crippen LogP) is 4.71. The SMILES string of the molecule is COc1cc(Cl)cc(CNc2c(F)cc(F)cc2Br)c1O. The maximum Gasteiger partial charge on any atom is 0.162 e. The molecule has 0 aromatic heterocycles. The van der Waals surface area contributed by atoms with E-state index in [0.717, 1.165) is 12.1 Å². The van der Waals surface area contributed by atoms with E-state index in [1.807, 2.05) is 0 Å². The number of ether oxygens (including phenoxy) is 1. The van der Waals surface area contributed by atoms with Crippen molar-refractivity contribution in [2.45, 2.75) is 6.54 Å². The van der Waals surface area contributed by atoms with Crippen LogP contribution in [0.2, 0.25) is 5.02 Å². The Labute approximate surface area is 133 Å². The average molecular weight is 379 g/mol. The molecular formula is C14H11BrClF2NO2. The van der Waals surface area contributed by atoms with Gasteiger partial charge in [-0.25, -0.2) is 8.78 Å². The van der Waals surface area contributed by atoms with Gasteiger partial charge in [0.1, 0.15) is 11.6 Å². The largest absolute Gasteiger partial charge is 0.504 e. The molecule has 2 aromatic rings. The summed E-state index contributed by atoms with van der Waals surface area (Å²) >= 11 is 8.99. The van der Waals surface area contributed by atoms with Gasteiger partial charge in [0.25, 0.3) is 0 Å². The number of phenols is 1. The van der Waals surface area contributed by atoms with Crippen LogP contribution < -0.4 is 10.1 Å². The molecule has 0 aliphatic rings. The van der Waals surface area contributed by atoms with Crippen LogP contribution >= 0.6 is 27.5 Å². The zero-order valence-electron chi connectivity index (χ0n) is 10.9. The Hall–Kier alpha value is -1.53. The van der Waals surface area contributed by atoms with Crippen LogP contribution in [0.4, 0.5) is 14.5 Å². The van der Waals surface area contributed by atoms with Crippen LogP contribution in [0.3, 0.4) is 0 Å². The molecule has 7 heteroatoms. The molecule has 2 rings (SSSR count). The van der Waals surface area contributed by atoms with E-state index in [1.165, 1.54) is 19.2 Å². The third kappa shape index (κ3) is 3.57. The zero-order valence-corrected chi connectivity index (χ0v) is 13.2. The van der Waals surface area contributed by atoms with Crippen molar-refractivity contribution in [3.05, 3.63) is 51.0 Å². The van der Waals surface area contributed by atoms with Crippen molar-refractivity contribution >= 4 is 33.2 Å². The molecule has 0 spiro atoms. The summed E-state index contributed by atoms with van der Waals surface area (Å²) in [5, 5.41) is 13.1. The first-order valence-electron chi connectivity index (χ1n) is 5.86. The van der Waals surface area contributed by atoms with Crippen molar-refractivity contribution in [2.24, 2.45) is 0 Å². The lowest BCUT2D eigenvalue weighted by molar-refractivity contribution is 0.371. The zero-order chi connectivity index (χ0) is 15.6. The van der Waals surface area contributed by atoms with Gasteiger partial charge in [0.15, 0.2) is 11.5 Å². The van der Waals surface area contributed by atoms with Crippen LogP contribution in [0.25, 0.3) is 0 Å². The second-order valence-corrected chi connectivity index (χ2v) is 5.50.